The molecule has 1 rings (SSSR count). The van der Waals surface area contributed by atoms with Crippen LogP contribution < -0.4 is 5.32 Å². The second-order valence-corrected chi connectivity index (χ2v) is 7.99. The fraction of sp³-hybridized carbons (Fsp3) is 0.571. The molecule has 0 amide bonds. The second-order valence-electron chi connectivity index (χ2n) is 4.66. The molecule has 0 heterocycles. The molecule has 1 aromatic carbocycles. The minimum Gasteiger partial charge on any atom is -0.317 e. The Balaban J connectivity index is 2.49. The first-order chi connectivity index (χ1) is 8.98. The van der Waals surface area contributed by atoms with Crippen molar-refractivity contribution in [3.63, 3.8) is 0 Å². The van der Waals surface area contributed by atoms with Gasteiger partial charge >= 0.3 is 0 Å². The van der Waals surface area contributed by atoms with Crippen molar-refractivity contribution in [2.24, 2.45) is 0 Å². The third-order valence-corrected chi connectivity index (χ3v) is 5.84. The van der Waals surface area contributed by atoms with Crippen LogP contribution in [0.2, 0.25) is 0 Å². The zero-order valence-corrected chi connectivity index (χ0v) is 13.9. The van der Waals surface area contributed by atoms with E-state index < -0.39 is 9.84 Å². The van der Waals surface area contributed by atoms with E-state index in [9.17, 15) is 8.42 Å². The van der Waals surface area contributed by atoms with Gasteiger partial charge in [-0.25, -0.2) is 8.42 Å². The normalized spacial score (nSPS) is 13.4. The number of rotatable bonds is 8. The molecule has 0 radical (unpaired) electrons. The number of halogens is 1. The average Bonchev–Trinajstić information content (AvgIpc) is 2.39. The maximum atomic E-state index is 11.5. The molecule has 19 heavy (non-hydrogen) atoms. The molecule has 1 atom stereocenters. The topological polar surface area (TPSA) is 46.2 Å². The monoisotopic (exact) mass is 347 g/mol. The standard InChI is InChI=1S/C14H22BrNO2S/c1-3-19(17,18)10-6-8-13(16-2)11-12-7-4-5-9-14(12)15/h4-5,7,9,13,16H,3,6,8,10-11H2,1-2H3. The predicted octanol–water partition coefficient (Wildman–Crippen LogP) is 2.79. The van der Waals surface area contributed by atoms with Crippen LogP contribution in [0.1, 0.15) is 25.3 Å². The molecule has 1 aromatic rings. The van der Waals surface area contributed by atoms with Crippen molar-refractivity contribution in [2.75, 3.05) is 18.6 Å². The van der Waals surface area contributed by atoms with Gasteiger partial charge in [0, 0.05) is 16.3 Å². The van der Waals surface area contributed by atoms with Gasteiger partial charge in [-0.3, -0.25) is 0 Å². The molecule has 0 aliphatic carbocycles. The Labute approximate surface area is 124 Å². The molecule has 1 unspecified atom stereocenters. The fourth-order valence-corrected chi connectivity index (χ4v) is 3.31. The van der Waals surface area contributed by atoms with Gasteiger partial charge in [0.1, 0.15) is 9.84 Å². The summed E-state index contributed by atoms with van der Waals surface area (Å²) in [6.07, 6.45) is 2.49. The van der Waals surface area contributed by atoms with Crippen molar-refractivity contribution in [2.45, 2.75) is 32.2 Å². The summed E-state index contributed by atoms with van der Waals surface area (Å²) < 4.78 is 24.0. The van der Waals surface area contributed by atoms with Gasteiger partial charge in [-0.1, -0.05) is 41.1 Å². The molecule has 1 N–H and O–H groups in total. The highest BCUT2D eigenvalue weighted by atomic mass is 79.9. The highest BCUT2D eigenvalue weighted by Gasteiger charge is 2.12. The van der Waals surface area contributed by atoms with Gasteiger partial charge in [0.25, 0.3) is 0 Å². The quantitative estimate of drug-likeness (QED) is 0.786. The van der Waals surface area contributed by atoms with Crippen molar-refractivity contribution in [3.8, 4) is 0 Å². The van der Waals surface area contributed by atoms with Gasteiger partial charge in [-0.15, -0.1) is 0 Å². The predicted molar refractivity (Wildman–Crippen MR) is 84.3 cm³/mol. The largest absolute Gasteiger partial charge is 0.317 e. The smallest absolute Gasteiger partial charge is 0.150 e. The SMILES string of the molecule is CCS(=O)(=O)CCCC(Cc1ccccc1Br)NC. The summed E-state index contributed by atoms with van der Waals surface area (Å²) in [6.45, 7) is 1.70. The maximum Gasteiger partial charge on any atom is 0.150 e. The van der Waals surface area contributed by atoms with Crippen LogP contribution in [0.25, 0.3) is 0 Å². The lowest BCUT2D eigenvalue weighted by molar-refractivity contribution is 0.510. The molecule has 0 aliphatic rings. The first-order valence-corrected chi connectivity index (χ1v) is 9.21. The lowest BCUT2D eigenvalue weighted by Gasteiger charge is -2.17. The lowest BCUT2D eigenvalue weighted by atomic mass is 10.0. The fourth-order valence-electron chi connectivity index (χ4n) is 1.97. The van der Waals surface area contributed by atoms with Gasteiger partial charge in [0.15, 0.2) is 0 Å². The number of hydrogen-bond donors (Lipinski definition) is 1. The molecule has 0 bridgehead atoms. The van der Waals surface area contributed by atoms with Crippen LogP contribution >= 0.6 is 15.9 Å². The molecular weight excluding hydrogens is 326 g/mol. The van der Waals surface area contributed by atoms with Crippen LogP contribution in [0.3, 0.4) is 0 Å². The molecule has 5 heteroatoms. The summed E-state index contributed by atoms with van der Waals surface area (Å²) in [5.74, 6) is 0.527. The Morgan fingerprint density at radius 3 is 2.58 bits per heavy atom. The van der Waals surface area contributed by atoms with Crippen LogP contribution in [-0.2, 0) is 16.3 Å². The van der Waals surface area contributed by atoms with E-state index in [1.165, 1.54) is 5.56 Å². The molecule has 3 nitrogen and oxygen atoms in total. The van der Waals surface area contributed by atoms with Crippen LogP contribution in [0.5, 0.6) is 0 Å². The average molecular weight is 348 g/mol. The summed E-state index contributed by atoms with van der Waals surface area (Å²) in [5, 5.41) is 3.27. The zero-order valence-electron chi connectivity index (χ0n) is 11.5. The van der Waals surface area contributed by atoms with Crippen molar-refractivity contribution in [1.82, 2.24) is 5.32 Å². The first kappa shape index (κ1) is 16.7. The van der Waals surface area contributed by atoms with Crippen molar-refractivity contribution < 1.29 is 8.42 Å². The molecule has 0 saturated heterocycles. The van der Waals surface area contributed by atoms with E-state index in [1.54, 1.807) is 6.92 Å². The Morgan fingerprint density at radius 1 is 1.32 bits per heavy atom. The van der Waals surface area contributed by atoms with Crippen molar-refractivity contribution in [3.05, 3.63) is 34.3 Å². The van der Waals surface area contributed by atoms with Gasteiger partial charge in [-0.05, 0) is 37.9 Å². The third kappa shape index (κ3) is 6.06. The molecule has 0 fully saturated rings. The minimum absolute atomic E-state index is 0.238. The number of sulfone groups is 1. The Morgan fingerprint density at radius 2 is 2.00 bits per heavy atom. The Bertz CT molecular complexity index is 488. The number of likely N-dealkylation sites (N-methyl/N-ethyl adjacent to an activating group) is 1. The third-order valence-electron chi connectivity index (χ3n) is 3.28. The summed E-state index contributed by atoms with van der Waals surface area (Å²) in [7, 11) is -0.915. The first-order valence-electron chi connectivity index (χ1n) is 6.59. The van der Waals surface area contributed by atoms with E-state index in [0.717, 1.165) is 17.3 Å². The van der Waals surface area contributed by atoms with E-state index >= 15 is 0 Å². The van der Waals surface area contributed by atoms with E-state index in [1.807, 2.05) is 25.2 Å². The molecular formula is C14H22BrNO2S. The molecule has 0 aromatic heterocycles. The zero-order chi connectivity index (χ0) is 14.3. The summed E-state index contributed by atoms with van der Waals surface area (Å²) in [5.41, 5.74) is 1.25. The van der Waals surface area contributed by atoms with E-state index in [2.05, 4.69) is 27.3 Å². The van der Waals surface area contributed by atoms with E-state index in [4.69, 9.17) is 0 Å². The van der Waals surface area contributed by atoms with Gasteiger partial charge in [-0.2, -0.15) is 0 Å². The van der Waals surface area contributed by atoms with Crippen LogP contribution in [0.4, 0.5) is 0 Å². The maximum absolute atomic E-state index is 11.5. The highest BCUT2D eigenvalue weighted by Crippen LogP contribution is 2.18. The molecule has 0 saturated carbocycles. The van der Waals surface area contributed by atoms with Crippen LogP contribution in [-0.4, -0.2) is 33.0 Å². The molecule has 0 aliphatic heterocycles. The Hall–Kier alpha value is -0.390. The van der Waals surface area contributed by atoms with Gasteiger partial charge in [0.05, 0.1) is 5.75 Å². The summed E-state index contributed by atoms with van der Waals surface area (Å²) in [4.78, 5) is 0. The minimum atomic E-state index is -2.84. The second kappa shape index (κ2) is 8.02. The van der Waals surface area contributed by atoms with E-state index in [0.29, 0.717) is 12.5 Å². The van der Waals surface area contributed by atoms with Crippen molar-refractivity contribution >= 4 is 25.8 Å². The van der Waals surface area contributed by atoms with Crippen molar-refractivity contribution in [1.29, 1.82) is 0 Å². The number of benzene rings is 1. The number of nitrogens with one attached hydrogen (secondary N) is 1. The van der Waals surface area contributed by atoms with Crippen LogP contribution in [0.15, 0.2) is 28.7 Å². The highest BCUT2D eigenvalue weighted by molar-refractivity contribution is 9.10. The van der Waals surface area contributed by atoms with E-state index in [-0.39, 0.29) is 11.5 Å². The van der Waals surface area contributed by atoms with Crippen LogP contribution in [0, 0.1) is 0 Å². The van der Waals surface area contributed by atoms with Gasteiger partial charge in [0.2, 0.25) is 0 Å². The lowest BCUT2D eigenvalue weighted by Crippen LogP contribution is -2.28. The Kier molecular flexibility index (Phi) is 7.04. The summed E-state index contributed by atoms with van der Waals surface area (Å²) in [6, 6.07) is 8.45. The van der Waals surface area contributed by atoms with Gasteiger partial charge < -0.3 is 5.32 Å². The number of hydrogen-bond acceptors (Lipinski definition) is 3. The summed E-state index contributed by atoms with van der Waals surface area (Å²) >= 11 is 3.54. The molecule has 108 valence electrons. The molecule has 0 spiro atoms.